The lowest BCUT2D eigenvalue weighted by Crippen LogP contribution is -2.48. The van der Waals surface area contributed by atoms with Gasteiger partial charge in [-0.15, -0.1) is 16.4 Å². The maximum absolute atomic E-state index is 11.9. The molecule has 1 saturated carbocycles. The molecule has 3 N–H and O–H groups in total. The Balaban J connectivity index is 1.42. The number of nitrogens with one attached hydrogen (secondary N) is 3. The van der Waals surface area contributed by atoms with Crippen LogP contribution in [0.15, 0.2) is 22.7 Å². The zero-order valence-electron chi connectivity index (χ0n) is 13.9. The van der Waals surface area contributed by atoms with Crippen molar-refractivity contribution in [2.45, 2.75) is 43.8 Å². The number of aromatic amines is 1. The lowest BCUT2D eigenvalue weighted by atomic mass is 9.86. The summed E-state index contributed by atoms with van der Waals surface area (Å²) in [5.74, 6) is 0.873. The van der Waals surface area contributed by atoms with Gasteiger partial charge in [0.15, 0.2) is 5.82 Å². The lowest BCUT2D eigenvalue weighted by molar-refractivity contribution is -0.117. The minimum Gasteiger partial charge on any atom is -0.335 e. The van der Waals surface area contributed by atoms with Gasteiger partial charge in [0.05, 0.1) is 10.6 Å². The molecule has 0 saturated heterocycles. The van der Waals surface area contributed by atoms with Crippen molar-refractivity contribution in [3.05, 3.63) is 17.5 Å². The molecular formula is C16H21N5O2S2. The molecule has 1 aliphatic rings. The van der Waals surface area contributed by atoms with Gasteiger partial charge in [-0.25, -0.2) is 9.78 Å². The molecule has 1 fully saturated rings. The Morgan fingerprint density at radius 1 is 1.40 bits per heavy atom. The normalized spacial score (nSPS) is 20.2. The first kappa shape index (κ1) is 17.9. The van der Waals surface area contributed by atoms with Crippen LogP contribution in [0.5, 0.6) is 0 Å². The molecule has 3 amide bonds. The van der Waals surface area contributed by atoms with E-state index in [0.717, 1.165) is 24.1 Å². The molecular weight excluding hydrogens is 358 g/mol. The first-order chi connectivity index (χ1) is 12.1. The molecule has 134 valence electrons. The van der Waals surface area contributed by atoms with Crippen LogP contribution in [0, 0.1) is 5.92 Å². The highest BCUT2D eigenvalue weighted by Crippen LogP contribution is 2.24. The van der Waals surface area contributed by atoms with E-state index in [1.54, 1.807) is 11.3 Å². The van der Waals surface area contributed by atoms with E-state index in [1.165, 1.54) is 18.2 Å². The predicted octanol–water partition coefficient (Wildman–Crippen LogP) is 3.03. The number of thioether (sulfide) groups is 1. The molecule has 2 aromatic heterocycles. The van der Waals surface area contributed by atoms with Gasteiger partial charge in [0, 0.05) is 6.04 Å². The third-order valence-electron chi connectivity index (χ3n) is 4.23. The van der Waals surface area contributed by atoms with Crippen molar-refractivity contribution < 1.29 is 9.59 Å². The predicted molar refractivity (Wildman–Crippen MR) is 98.5 cm³/mol. The summed E-state index contributed by atoms with van der Waals surface area (Å²) in [5.41, 5.74) is 0. The van der Waals surface area contributed by atoms with Crippen LogP contribution in [0.3, 0.4) is 0 Å². The van der Waals surface area contributed by atoms with Gasteiger partial charge in [-0.1, -0.05) is 37.6 Å². The number of thiophene rings is 1. The summed E-state index contributed by atoms with van der Waals surface area (Å²) >= 11 is 2.76. The molecule has 0 aliphatic heterocycles. The molecule has 0 radical (unpaired) electrons. The highest BCUT2D eigenvalue weighted by molar-refractivity contribution is 7.99. The number of hydrogen-bond donors (Lipinski definition) is 3. The molecule has 1 aliphatic carbocycles. The minimum atomic E-state index is -0.418. The van der Waals surface area contributed by atoms with Gasteiger partial charge in [0.1, 0.15) is 0 Å². The number of carbonyl (C=O) groups is 2. The third-order valence-corrected chi connectivity index (χ3v) is 5.96. The lowest BCUT2D eigenvalue weighted by Gasteiger charge is -2.29. The van der Waals surface area contributed by atoms with Crippen LogP contribution in [0.2, 0.25) is 0 Å². The number of amides is 3. The van der Waals surface area contributed by atoms with Crippen LogP contribution in [0.1, 0.15) is 32.6 Å². The smallest absolute Gasteiger partial charge is 0.321 e. The van der Waals surface area contributed by atoms with Gasteiger partial charge in [-0.2, -0.15) is 0 Å². The van der Waals surface area contributed by atoms with E-state index in [4.69, 9.17) is 0 Å². The van der Waals surface area contributed by atoms with Gasteiger partial charge >= 0.3 is 6.03 Å². The van der Waals surface area contributed by atoms with Gasteiger partial charge < -0.3 is 5.32 Å². The van der Waals surface area contributed by atoms with Crippen molar-refractivity contribution in [1.82, 2.24) is 25.8 Å². The summed E-state index contributed by atoms with van der Waals surface area (Å²) in [5, 5.41) is 14.7. The number of nitrogens with zero attached hydrogens (tertiary/aromatic N) is 2. The second-order valence-corrected chi connectivity index (χ2v) is 8.01. The van der Waals surface area contributed by atoms with Crippen LogP contribution in [0.25, 0.3) is 10.7 Å². The quantitative estimate of drug-likeness (QED) is 0.694. The van der Waals surface area contributed by atoms with E-state index >= 15 is 0 Å². The van der Waals surface area contributed by atoms with Gasteiger partial charge in [-0.3, -0.25) is 15.2 Å². The second kappa shape index (κ2) is 8.48. The third kappa shape index (κ3) is 5.05. The Morgan fingerprint density at radius 3 is 3.00 bits per heavy atom. The fraction of sp³-hybridized carbons (Fsp3) is 0.500. The Kier molecular flexibility index (Phi) is 6.09. The molecule has 9 heteroatoms. The second-order valence-electron chi connectivity index (χ2n) is 6.12. The molecule has 3 rings (SSSR count). The Morgan fingerprint density at radius 2 is 2.24 bits per heavy atom. The van der Waals surface area contributed by atoms with Crippen LogP contribution < -0.4 is 10.6 Å². The van der Waals surface area contributed by atoms with E-state index < -0.39 is 6.03 Å². The molecule has 0 bridgehead atoms. The molecule has 2 heterocycles. The minimum absolute atomic E-state index is 0.0926. The van der Waals surface area contributed by atoms with Crippen molar-refractivity contribution in [2.24, 2.45) is 5.92 Å². The summed E-state index contributed by atoms with van der Waals surface area (Å²) in [6.45, 7) is 2.14. The van der Waals surface area contributed by atoms with Crippen LogP contribution in [0.4, 0.5) is 4.79 Å². The van der Waals surface area contributed by atoms with Gasteiger partial charge in [0.25, 0.3) is 0 Å². The van der Waals surface area contributed by atoms with E-state index in [-0.39, 0.29) is 17.7 Å². The Bertz CT molecular complexity index is 716. The van der Waals surface area contributed by atoms with Crippen molar-refractivity contribution >= 4 is 35.0 Å². The molecule has 7 nitrogen and oxygen atoms in total. The van der Waals surface area contributed by atoms with E-state index in [1.807, 2.05) is 17.5 Å². The Labute approximate surface area is 154 Å². The number of H-pyrrole nitrogens is 1. The number of rotatable bonds is 5. The summed E-state index contributed by atoms with van der Waals surface area (Å²) in [6, 6.07) is 3.62. The van der Waals surface area contributed by atoms with Crippen LogP contribution >= 0.6 is 23.1 Å². The topological polar surface area (TPSA) is 99.8 Å². The van der Waals surface area contributed by atoms with Crippen molar-refractivity contribution in [3.63, 3.8) is 0 Å². The zero-order chi connectivity index (χ0) is 17.6. The average Bonchev–Trinajstić information content (AvgIpc) is 3.26. The van der Waals surface area contributed by atoms with Gasteiger partial charge in [-0.05, 0) is 30.2 Å². The fourth-order valence-electron chi connectivity index (χ4n) is 2.86. The molecule has 0 aromatic carbocycles. The maximum atomic E-state index is 11.9. The van der Waals surface area contributed by atoms with Crippen molar-refractivity contribution in [3.8, 4) is 10.7 Å². The summed E-state index contributed by atoms with van der Waals surface area (Å²) in [7, 11) is 0. The standard InChI is InChI=1S/C16H21N5O2S2/c1-10-5-2-3-6-11(10)17-15(23)18-13(22)9-25-16-19-14(20-21-16)12-7-4-8-24-12/h4,7-8,10-11H,2-3,5-6,9H2,1H3,(H,19,20,21)(H2,17,18,22,23)/t10-,11-/m1/s1. The molecule has 0 unspecified atom stereocenters. The van der Waals surface area contributed by atoms with E-state index in [9.17, 15) is 9.59 Å². The van der Waals surface area contributed by atoms with Crippen molar-refractivity contribution in [1.29, 1.82) is 0 Å². The highest BCUT2D eigenvalue weighted by Gasteiger charge is 2.23. The molecule has 25 heavy (non-hydrogen) atoms. The maximum Gasteiger partial charge on any atom is 0.321 e. The molecule has 2 atom stereocenters. The van der Waals surface area contributed by atoms with E-state index in [0.29, 0.717) is 16.9 Å². The monoisotopic (exact) mass is 379 g/mol. The number of carbonyl (C=O) groups excluding carboxylic acids is 2. The summed E-state index contributed by atoms with van der Waals surface area (Å²) in [6.07, 6.45) is 4.42. The number of urea groups is 1. The average molecular weight is 380 g/mol. The highest BCUT2D eigenvalue weighted by atomic mass is 32.2. The molecule has 0 spiro atoms. The van der Waals surface area contributed by atoms with Gasteiger partial charge in [0.2, 0.25) is 11.1 Å². The Hall–Kier alpha value is -1.87. The largest absolute Gasteiger partial charge is 0.335 e. The van der Waals surface area contributed by atoms with Crippen molar-refractivity contribution in [2.75, 3.05) is 5.75 Å². The summed E-state index contributed by atoms with van der Waals surface area (Å²) in [4.78, 5) is 29.2. The first-order valence-corrected chi connectivity index (χ1v) is 10.2. The van der Waals surface area contributed by atoms with Crippen LogP contribution in [-0.2, 0) is 4.79 Å². The SMILES string of the molecule is C[C@@H]1CCCC[C@H]1NC(=O)NC(=O)CSc1n[nH]c(-c2cccs2)n1. The summed E-state index contributed by atoms with van der Waals surface area (Å²) < 4.78 is 0. The van der Waals surface area contributed by atoms with E-state index in [2.05, 4.69) is 32.7 Å². The molecule has 2 aromatic rings. The number of imide groups is 1. The van der Waals surface area contributed by atoms with Crippen LogP contribution in [-0.4, -0.2) is 38.9 Å². The number of hydrogen-bond acceptors (Lipinski definition) is 6. The first-order valence-electron chi connectivity index (χ1n) is 8.31. The zero-order valence-corrected chi connectivity index (χ0v) is 15.6. The number of aromatic nitrogens is 3. The fourth-order valence-corrected chi connectivity index (χ4v) is 4.12.